The van der Waals surface area contributed by atoms with Crippen molar-refractivity contribution in [1.29, 1.82) is 0 Å². The minimum Gasteiger partial charge on any atom is -0.478 e. The fourth-order valence-electron chi connectivity index (χ4n) is 2.58. The van der Waals surface area contributed by atoms with Crippen molar-refractivity contribution in [1.82, 2.24) is 19.5 Å². The largest absolute Gasteiger partial charge is 0.478 e. The molecule has 3 N–H and O–H groups in total. The lowest BCUT2D eigenvalue weighted by Gasteiger charge is -2.19. The molecule has 0 radical (unpaired) electrons. The third-order valence-electron chi connectivity index (χ3n) is 3.76. The number of amides is 1. The minimum absolute atomic E-state index is 0.00586. The number of carboxylic acid groups (broad SMARTS) is 1. The average molecular weight is 420 g/mol. The zero-order chi connectivity index (χ0) is 21.3. The summed E-state index contributed by atoms with van der Waals surface area (Å²) < 4.78 is 6.50. The van der Waals surface area contributed by atoms with Gasteiger partial charge in [0.15, 0.2) is 11.5 Å². The first-order chi connectivity index (χ1) is 13.5. The number of imidazole rings is 1. The Morgan fingerprint density at radius 3 is 2.48 bits per heavy atom. The highest BCUT2D eigenvalue weighted by molar-refractivity contribution is 6.28. The van der Waals surface area contributed by atoms with E-state index >= 15 is 0 Å². The molecule has 1 amide bonds. The molecule has 0 saturated heterocycles. The molecule has 0 bridgehead atoms. The van der Waals surface area contributed by atoms with E-state index in [4.69, 9.17) is 21.4 Å². The van der Waals surface area contributed by atoms with Crippen LogP contribution in [0.2, 0.25) is 5.28 Å². The van der Waals surface area contributed by atoms with Gasteiger partial charge in [0.2, 0.25) is 5.28 Å². The number of fused-ring (bicyclic) bond motifs is 1. The summed E-state index contributed by atoms with van der Waals surface area (Å²) in [6.07, 6.45) is -0.758. The molecule has 0 unspecified atom stereocenters. The number of benzene rings is 1. The van der Waals surface area contributed by atoms with Crippen LogP contribution in [0.5, 0.6) is 0 Å². The average Bonchev–Trinajstić information content (AvgIpc) is 2.90. The predicted molar refractivity (Wildman–Crippen MR) is 106 cm³/mol. The van der Waals surface area contributed by atoms with Gasteiger partial charge in [0, 0.05) is 0 Å². The van der Waals surface area contributed by atoms with Crippen LogP contribution in [0.1, 0.15) is 36.7 Å². The number of hydrogen-bond acceptors (Lipinski definition) is 6. The minimum atomic E-state index is -1.04. The lowest BCUT2D eigenvalue weighted by Crippen LogP contribution is -2.27. The number of carbonyl (C=O) groups is 2. The molecule has 2 heterocycles. The lowest BCUT2D eigenvalue weighted by molar-refractivity contribution is 0.0633. The Labute approximate surface area is 169 Å². The summed E-state index contributed by atoms with van der Waals surface area (Å²) in [4.78, 5) is 46.1. The van der Waals surface area contributed by atoms with E-state index in [1.807, 2.05) is 0 Å². The van der Waals surface area contributed by atoms with Crippen LogP contribution >= 0.6 is 11.6 Å². The standard InChI is InChI=1S/C18H18ClN5O5/c1-18(2,3)29-17(28)22-12-11-13(23-15(19)21-12)24(16(27)20-11)8-9-4-6-10(7-5-9)14(25)26/h4-7H,8H2,1-3H3,(H,20,27)(H,25,26)(H,21,22,23,28). The molecule has 0 fully saturated rings. The van der Waals surface area contributed by atoms with E-state index in [1.54, 1.807) is 32.9 Å². The van der Waals surface area contributed by atoms with E-state index < -0.39 is 23.4 Å². The third-order valence-corrected chi connectivity index (χ3v) is 3.93. The lowest BCUT2D eigenvalue weighted by atomic mass is 10.1. The van der Waals surface area contributed by atoms with Gasteiger partial charge < -0.3 is 14.8 Å². The summed E-state index contributed by atoms with van der Waals surface area (Å²) in [5, 5.41) is 11.3. The number of nitrogens with zero attached hydrogens (tertiary/aromatic N) is 3. The van der Waals surface area contributed by atoms with Gasteiger partial charge in [-0.25, -0.2) is 14.4 Å². The van der Waals surface area contributed by atoms with Gasteiger partial charge in [0.05, 0.1) is 12.1 Å². The van der Waals surface area contributed by atoms with Crippen LogP contribution < -0.4 is 11.0 Å². The van der Waals surface area contributed by atoms with E-state index in [-0.39, 0.29) is 34.4 Å². The number of nitrogens with one attached hydrogen (secondary N) is 2. The SMILES string of the molecule is CC(C)(C)OC(=O)Nc1nc(Cl)nc2c1[nH]c(=O)n2Cc1ccc(C(=O)O)cc1. The number of anilines is 1. The Bertz CT molecular complexity index is 1140. The van der Waals surface area contributed by atoms with Crippen molar-refractivity contribution in [3.05, 3.63) is 51.2 Å². The molecule has 29 heavy (non-hydrogen) atoms. The number of hydrogen-bond donors (Lipinski definition) is 3. The zero-order valence-electron chi connectivity index (χ0n) is 15.8. The summed E-state index contributed by atoms with van der Waals surface area (Å²) in [6.45, 7) is 5.24. The topological polar surface area (TPSA) is 139 Å². The number of aromatic carboxylic acids is 1. The predicted octanol–water partition coefficient (Wildman–Crippen LogP) is 2.87. The molecule has 3 rings (SSSR count). The maximum absolute atomic E-state index is 12.5. The molecule has 0 spiro atoms. The molecule has 0 atom stereocenters. The van der Waals surface area contributed by atoms with Crippen LogP contribution in [0.15, 0.2) is 29.1 Å². The number of ether oxygens (including phenoxy) is 1. The maximum Gasteiger partial charge on any atom is 0.413 e. The van der Waals surface area contributed by atoms with Crippen molar-refractivity contribution < 1.29 is 19.4 Å². The fourth-order valence-corrected chi connectivity index (χ4v) is 2.74. The molecule has 3 aromatic rings. The zero-order valence-corrected chi connectivity index (χ0v) is 16.6. The highest BCUT2D eigenvalue weighted by Gasteiger charge is 2.20. The number of H-pyrrole nitrogens is 1. The van der Waals surface area contributed by atoms with Crippen LogP contribution in [-0.2, 0) is 11.3 Å². The van der Waals surface area contributed by atoms with Crippen molar-refractivity contribution in [2.75, 3.05) is 5.32 Å². The van der Waals surface area contributed by atoms with Crippen molar-refractivity contribution in [3.63, 3.8) is 0 Å². The Hall–Kier alpha value is -3.40. The van der Waals surface area contributed by atoms with E-state index in [2.05, 4.69) is 20.3 Å². The van der Waals surface area contributed by atoms with Gasteiger partial charge in [0.25, 0.3) is 0 Å². The third kappa shape index (κ3) is 4.72. The van der Waals surface area contributed by atoms with Crippen LogP contribution in [0, 0.1) is 0 Å². The number of carbonyl (C=O) groups excluding carboxylic acids is 1. The van der Waals surface area contributed by atoms with E-state index in [0.717, 1.165) is 0 Å². The molecule has 2 aromatic heterocycles. The first-order valence-corrected chi connectivity index (χ1v) is 8.89. The van der Waals surface area contributed by atoms with Gasteiger partial charge in [-0.2, -0.15) is 9.97 Å². The van der Waals surface area contributed by atoms with Crippen LogP contribution in [0.25, 0.3) is 11.2 Å². The molecule has 1 aromatic carbocycles. The number of aromatic amines is 1. The molecular weight excluding hydrogens is 402 g/mol. The summed E-state index contributed by atoms with van der Waals surface area (Å²) in [5.41, 5.74) is -0.0351. The monoisotopic (exact) mass is 419 g/mol. The summed E-state index contributed by atoms with van der Waals surface area (Å²) in [6, 6.07) is 6.07. The van der Waals surface area contributed by atoms with Crippen LogP contribution in [-0.4, -0.2) is 42.3 Å². The molecule has 0 aliphatic rings. The maximum atomic E-state index is 12.5. The van der Waals surface area contributed by atoms with Gasteiger partial charge in [-0.1, -0.05) is 12.1 Å². The fraction of sp³-hybridized carbons (Fsp3) is 0.278. The summed E-state index contributed by atoms with van der Waals surface area (Å²) >= 11 is 5.97. The Kier molecular flexibility index (Phi) is 5.29. The van der Waals surface area contributed by atoms with Gasteiger partial charge in [-0.05, 0) is 50.1 Å². The number of aromatic nitrogens is 4. The van der Waals surface area contributed by atoms with E-state index in [9.17, 15) is 14.4 Å². The quantitative estimate of drug-likeness (QED) is 0.552. The highest BCUT2D eigenvalue weighted by atomic mass is 35.5. The molecule has 0 saturated carbocycles. The molecule has 10 nitrogen and oxygen atoms in total. The van der Waals surface area contributed by atoms with Crippen molar-refractivity contribution >= 4 is 40.6 Å². The second kappa shape index (κ2) is 7.55. The molecule has 0 aliphatic heterocycles. The van der Waals surface area contributed by atoms with Crippen molar-refractivity contribution in [3.8, 4) is 0 Å². The molecule has 152 valence electrons. The number of halogens is 1. The Morgan fingerprint density at radius 2 is 1.90 bits per heavy atom. The van der Waals surface area contributed by atoms with Gasteiger partial charge in [0.1, 0.15) is 11.1 Å². The van der Waals surface area contributed by atoms with Gasteiger partial charge in [-0.3, -0.25) is 9.88 Å². The first kappa shape index (κ1) is 20.3. The normalized spacial score (nSPS) is 11.4. The van der Waals surface area contributed by atoms with Gasteiger partial charge in [-0.15, -0.1) is 0 Å². The Morgan fingerprint density at radius 1 is 1.24 bits per heavy atom. The van der Waals surface area contributed by atoms with Crippen LogP contribution in [0.3, 0.4) is 0 Å². The van der Waals surface area contributed by atoms with Crippen molar-refractivity contribution in [2.45, 2.75) is 32.9 Å². The second-order valence-electron chi connectivity index (χ2n) is 7.19. The van der Waals surface area contributed by atoms with Crippen molar-refractivity contribution in [2.24, 2.45) is 0 Å². The first-order valence-electron chi connectivity index (χ1n) is 8.52. The number of carboxylic acids is 1. The Balaban J connectivity index is 1.97. The second-order valence-corrected chi connectivity index (χ2v) is 7.52. The molecule has 0 aliphatic carbocycles. The van der Waals surface area contributed by atoms with E-state index in [1.165, 1.54) is 16.7 Å². The highest BCUT2D eigenvalue weighted by Crippen LogP contribution is 2.21. The summed E-state index contributed by atoms with van der Waals surface area (Å²) in [5.74, 6) is -1.04. The molecular formula is C18H18ClN5O5. The van der Waals surface area contributed by atoms with Gasteiger partial charge >= 0.3 is 17.8 Å². The summed E-state index contributed by atoms with van der Waals surface area (Å²) in [7, 11) is 0. The molecule has 11 heteroatoms. The number of rotatable bonds is 4. The van der Waals surface area contributed by atoms with E-state index in [0.29, 0.717) is 5.56 Å². The van der Waals surface area contributed by atoms with Crippen LogP contribution in [0.4, 0.5) is 10.6 Å². The smallest absolute Gasteiger partial charge is 0.413 e.